The summed E-state index contributed by atoms with van der Waals surface area (Å²) in [6.45, 7) is 8.56. The van der Waals surface area contributed by atoms with Gasteiger partial charge in [0.05, 0.1) is 0 Å². The number of carbonyl (C=O) groups is 1. The van der Waals surface area contributed by atoms with Crippen LogP contribution >= 0.6 is 0 Å². The summed E-state index contributed by atoms with van der Waals surface area (Å²) in [6.07, 6.45) is 3.22. The van der Waals surface area contributed by atoms with E-state index in [1.807, 2.05) is 11.9 Å². The summed E-state index contributed by atoms with van der Waals surface area (Å²) in [5.41, 5.74) is 0. The molecule has 3 heteroatoms. The smallest absolute Gasteiger partial charge is 0.222 e. The van der Waals surface area contributed by atoms with Gasteiger partial charge in [-0.15, -0.1) is 0 Å². The number of nitrogens with one attached hydrogen (secondary N) is 1. The van der Waals surface area contributed by atoms with E-state index in [1.54, 1.807) is 0 Å². The molecule has 0 aromatic heterocycles. The van der Waals surface area contributed by atoms with Crippen molar-refractivity contribution in [1.82, 2.24) is 10.2 Å². The number of hydrogen-bond acceptors (Lipinski definition) is 2. The number of carbonyl (C=O) groups excluding carboxylic acids is 1. The molecule has 0 aromatic rings. The van der Waals surface area contributed by atoms with E-state index in [4.69, 9.17) is 0 Å². The predicted molar refractivity (Wildman–Crippen MR) is 67.3 cm³/mol. The molecular formula is C13H26N2O. The first-order valence-electron chi connectivity index (χ1n) is 6.48. The number of piperidine rings is 1. The standard InChI is InChI=1S/C13H26N2O/c1-10(2)15(4)13(16)8-11(3)12-6-5-7-14-9-12/h10-12,14H,5-9H2,1-4H3. The Bertz CT molecular complexity index is 222. The number of rotatable bonds is 4. The Kier molecular flexibility index (Phi) is 5.26. The Hall–Kier alpha value is -0.570. The van der Waals surface area contributed by atoms with Crippen LogP contribution in [0.5, 0.6) is 0 Å². The topological polar surface area (TPSA) is 32.3 Å². The first kappa shape index (κ1) is 13.5. The molecule has 0 saturated carbocycles. The largest absolute Gasteiger partial charge is 0.343 e. The minimum atomic E-state index is 0.285. The van der Waals surface area contributed by atoms with E-state index in [1.165, 1.54) is 12.8 Å². The summed E-state index contributed by atoms with van der Waals surface area (Å²) in [5.74, 6) is 1.47. The highest BCUT2D eigenvalue weighted by atomic mass is 16.2. The third-order valence-electron chi connectivity index (χ3n) is 3.80. The molecule has 0 bridgehead atoms. The lowest BCUT2D eigenvalue weighted by atomic mass is 9.85. The Morgan fingerprint density at radius 1 is 1.44 bits per heavy atom. The van der Waals surface area contributed by atoms with Gasteiger partial charge in [0.2, 0.25) is 5.91 Å². The maximum atomic E-state index is 11.9. The van der Waals surface area contributed by atoms with Crippen molar-refractivity contribution >= 4 is 5.91 Å². The van der Waals surface area contributed by atoms with Gasteiger partial charge in [-0.25, -0.2) is 0 Å². The third-order valence-corrected chi connectivity index (χ3v) is 3.80. The molecule has 1 N–H and O–H groups in total. The fourth-order valence-corrected chi connectivity index (χ4v) is 2.24. The molecule has 1 saturated heterocycles. The second kappa shape index (κ2) is 6.24. The van der Waals surface area contributed by atoms with Crippen LogP contribution < -0.4 is 5.32 Å². The van der Waals surface area contributed by atoms with Crippen LogP contribution in [0.1, 0.15) is 40.0 Å². The molecule has 2 unspecified atom stereocenters. The Balaban J connectivity index is 2.37. The minimum Gasteiger partial charge on any atom is -0.343 e. The SMILES string of the molecule is CC(CC(=O)N(C)C(C)C)C1CCCNC1. The van der Waals surface area contributed by atoms with Gasteiger partial charge in [0.15, 0.2) is 0 Å². The summed E-state index contributed by atoms with van der Waals surface area (Å²) in [6, 6.07) is 0.309. The van der Waals surface area contributed by atoms with Crippen molar-refractivity contribution in [3.8, 4) is 0 Å². The van der Waals surface area contributed by atoms with Crippen LogP contribution in [-0.2, 0) is 4.79 Å². The lowest BCUT2D eigenvalue weighted by molar-refractivity contribution is -0.132. The van der Waals surface area contributed by atoms with Crippen LogP contribution in [0.15, 0.2) is 0 Å². The van der Waals surface area contributed by atoms with E-state index in [9.17, 15) is 4.79 Å². The van der Waals surface area contributed by atoms with Gasteiger partial charge in [-0.3, -0.25) is 4.79 Å². The zero-order chi connectivity index (χ0) is 12.1. The number of hydrogen-bond donors (Lipinski definition) is 1. The molecule has 1 heterocycles. The van der Waals surface area contributed by atoms with E-state index < -0.39 is 0 Å². The molecule has 0 spiro atoms. The van der Waals surface area contributed by atoms with Crippen LogP contribution in [-0.4, -0.2) is 37.0 Å². The molecule has 0 radical (unpaired) electrons. The summed E-state index contributed by atoms with van der Waals surface area (Å²) >= 11 is 0. The van der Waals surface area contributed by atoms with Gasteiger partial charge in [0, 0.05) is 19.5 Å². The first-order chi connectivity index (χ1) is 7.52. The van der Waals surface area contributed by atoms with Crippen molar-refractivity contribution in [2.45, 2.75) is 46.1 Å². The maximum absolute atomic E-state index is 11.9. The Labute approximate surface area is 99.6 Å². The number of nitrogens with zero attached hydrogens (tertiary/aromatic N) is 1. The lowest BCUT2D eigenvalue weighted by Gasteiger charge is -2.30. The quantitative estimate of drug-likeness (QED) is 0.794. The van der Waals surface area contributed by atoms with Gasteiger partial charge < -0.3 is 10.2 Å². The van der Waals surface area contributed by atoms with Crippen LogP contribution in [0, 0.1) is 11.8 Å². The monoisotopic (exact) mass is 226 g/mol. The molecule has 3 nitrogen and oxygen atoms in total. The second-order valence-corrected chi connectivity index (χ2v) is 5.39. The van der Waals surface area contributed by atoms with E-state index in [0.717, 1.165) is 13.1 Å². The fourth-order valence-electron chi connectivity index (χ4n) is 2.24. The zero-order valence-corrected chi connectivity index (χ0v) is 11.1. The van der Waals surface area contributed by atoms with Gasteiger partial charge in [0.1, 0.15) is 0 Å². The van der Waals surface area contributed by atoms with Gasteiger partial charge in [-0.1, -0.05) is 6.92 Å². The Morgan fingerprint density at radius 3 is 2.62 bits per heavy atom. The molecule has 94 valence electrons. The highest BCUT2D eigenvalue weighted by Crippen LogP contribution is 2.23. The van der Waals surface area contributed by atoms with Crippen molar-refractivity contribution in [3.05, 3.63) is 0 Å². The van der Waals surface area contributed by atoms with Crippen LogP contribution in [0.25, 0.3) is 0 Å². The van der Waals surface area contributed by atoms with Crippen LogP contribution in [0.3, 0.4) is 0 Å². The van der Waals surface area contributed by atoms with Gasteiger partial charge in [-0.05, 0) is 51.6 Å². The molecule has 1 aliphatic heterocycles. The van der Waals surface area contributed by atoms with Gasteiger partial charge >= 0.3 is 0 Å². The van der Waals surface area contributed by atoms with Crippen molar-refractivity contribution < 1.29 is 4.79 Å². The summed E-state index contributed by atoms with van der Waals surface area (Å²) < 4.78 is 0. The van der Waals surface area contributed by atoms with Crippen LogP contribution in [0.2, 0.25) is 0 Å². The summed E-state index contributed by atoms with van der Waals surface area (Å²) in [4.78, 5) is 13.8. The zero-order valence-electron chi connectivity index (χ0n) is 11.1. The van der Waals surface area contributed by atoms with Crippen molar-refractivity contribution in [2.24, 2.45) is 11.8 Å². The average molecular weight is 226 g/mol. The van der Waals surface area contributed by atoms with E-state index in [-0.39, 0.29) is 5.91 Å². The molecule has 1 aliphatic rings. The second-order valence-electron chi connectivity index (χ2n) is 5.39. The number of amides is 1. The molecular weight excluding hydrogens is 200 g/mol. The fraction of sp³-hybridized carbons (Fsp3) is 0.923. The average Bonchev–Trinajstić information content (AvgIpc) is 2.28. The minimum absolute atomic E-state index is 0.285. The normalized spacial score (nSPS) is 23.2. The van der Waals surface area contributed by atoms with Crippen LogP contribution in [0.4, 0.5) is 0 Å². The molecule has 0 aromatic carbocycles. The first-order valence-corrected chi connectivity index (χ1v) is 6.48. The highest BCUT2D eigenvalue weighted by Gasteiger charge is 2.23. The molecule has 0 aliphatic carbocycles. The van der Waals surface area contributed by atoms with E-state index in [2.05, 4.69) is 26.1 Å². The maximum Gasteiger partial charge on any atom is 0.222 e. The van der Waals surface area contributed by atoms with E-state index in [0.29, 0.717) is 24.3 Å². The predicted octanol–water partition coefficient (Wildman–Crippen LogP) is 1.88. The molecule has 2 atom stereocenters. The molecule has 1 amide bonds. The van der Waals surface area contributed by atoms with E-state index >= 15 is 0 Å². The molecule has 1 fully saturated rings. The molecule has 16 heavy (non-hydrogen) atoms. The van der Waals surface area contributed by atoms with Gasteiger partial charge in [0.25, 0.3) is 0 Å². The lowest BCUT2D eigenvalue weighted by Crippen LogP contribution is -2.38. The third kappa shape index (κ3) is 3.78. The highest BCUT2D eigenvalue weighted by molar-refractivity contribution is 5.76. The van der Waals surface area contributed by atoms with Crippen molar-refractivity contribution in [3.63, 3.8) is 0 Å². The summed E-state index contributed by atoms with van der Waals surface area (Å²) in [7, 11) is 1.90. The Morgan fingerprint density at radius 2 is 2.12 bits per heavy atom. The summed E-state index contributed by atoms with van der Waals surface area (Å²) in [5, 5.41) is 3.42. The van der Waals surface area contributed by atoms with Crippen molar-refractivity contribution in [1.29, 1.82) is 0 Å². The van der Waals surface area contributed by atoms with Crippen molar-refractivity contribution in [2.75, 3.05) is 20.1 Å². The van der Waals surface area contributed by atoms with Gasteiger partial charge in [-0.2, -0.15) is 0 Å². The molecule has 1 rings (SSSR count).